The molecule has 0 amide bonds. The highest BCUT2D eigenvalue weighted by Gasteiger charge is 2.09. The minimum atomic E-state index is -0.938. The summed E-state index contributed by atoms with van der Waals surface area (Å²) in [6.45, 7) is 5.00. The highest BCUT2D eigenvalue weighted by atomic mass is 16.4. The van der Waals surface area contributed by atoms with Gasteiger partial charge in [0.1, 0.15) is 0 Å². The Morgan fingerprint density at radius 2 is 2.19 bits per heavy atom. The average Bonchev–Trinajstić information content (AvgIpc) is 2.16. The largest absolute Gasteiger partial charge is 0.478 e. The van der Waals surface area contributed by atoms with Crippen LogP contribution in [0.2, 0.25) is 0 Å². The van der Waals surface area contributed by atoms with Crippen LogP contribution in [0.15, 0.2) is 18.2 Å². The van der Waals surface area contributed by atoms with Crippen molar-refractivity contribution in [3.8, 4) is 0 Å². The third-order valence-corrected chi connectivity index (χ3v) is 2.31. The third kappa shape index (κ3) is 3.46. The van der Waals surface area contributed by atoms with Crippen LogP contribution in [-0.4, -0.2) is 17.6 Å². The second kappa shape index (κ2) is 5.39. The Morgan fingerprint density at radius 1 is 1.50 bits per heavy atom. The lowest BCUT2D eigenvalue weighted by Gasteiger charge is -2.11. The van der Waals surface area contributed by atoms with E-state index in [1.165, 1.54) is 6.07 Å². The molecular weight excluding hydrogens is 204 g/mol. The molecule has 1 aromatic carbocycles. The summed E-state index contributed by atoms with van der Waals surface area (Å²) >= 11 is 0. The Bertz CT molecular complexity index is 375. The first kappa shape index (κ1) is 12.4. The van der Waals surface area contributed by atoms with E-state index < -0.39 is 5.97 Å². The second-order valence-electron chi connectivity index (χ2n) is 4.22. The van der Waals surface area contributed by atoms with E-state index in [9.17, 15) is 4.79 Å². The zero-order valence-corrected chi connectivity index (χ0v) is 9.66. The number of aromatic carboxylic acids is 1. The van der Waals surface area contributed by atoms with E-state index in [0.717, 1.165) is 13.0 Å². The van der Waals surface area contributed by atoms with Gasteiger partial charge in [0.15, 0.2) is 0 Å². The molecule has 0 aromatic heterocycles. The maximum Gasteiger partial charge on any atom is 0.337 e. The van der Waals surface area contributed by atoms with Crippen LogP contribution in [0.25, 0.3) is 0 Å². The molecule has 1 rings (SSSR count). The SMILES string of the molecule is CC(C)CCNc1cc(N)ccc1C(=O)O. The number of hydrogen-bond donors (Lipinski definition) is 3. The Labute approximate surface area is 95.5 Å². The van der Waals surface area contributed by atoms with Crippen LogP contribution in [0.3, 0.4) is 0 Å². The lowest BCUT2D eigenvalue weighted by atomic mass is 10.1. The molecule has 0 aliphatic heterocycles. The summed E-state index contributed by atoms with van der Waals surface area (Å²) < 4.78 is 0. The lowest BCUT2D eigenvalue weighted by molar-refractivity contribution is 0.0698. The zero-order valence-electron chi connectivity index (χ0n) is 9.66. The molecule has 0 aliphatic rings. The van der Waals surface area contributed by atoms with Crippen LogP contribution in [-0.2, 0) is 0 Å². The summed E-state index contributed by atoms with van der Waals surface area (Å²) in [4.78, 5) is 10.9. The van der Waals surface area contributed by atoms with E-state index >= 15 is 0 Å². The monoisotopic (exact) mass is 222 g/mol. The molecule has 0 bridgehead atoms. The molecule has 0 atom stereocenters. The number of anilines is 2. The third-order valence-electron chi connectivity index (χ3n) is 2.31. The maximum atomic E-state index is 10.9. The first-order valence-corrected chi connectivity index (χ1v) is 5.37. The summed E-state index contributed by atoms with van der Waals surface area (Å²) in [6.07, 6.45) is 0.994. The van der Waals surface area contributed by atoms with Gasteiger partial charge in [0.25, 0.3) is 0 Å². The predicted octanol–water partition coefficient (Wildman–Crippen LogP) is 2.42. The molecule has 0 saturated heterocycles. The smallest absolute Gasteiger partial charge is 0.337 e. The van der Waals surface area contributed by atoms with Crippen molar-refractivity contribution in [1.29, 1.82) is 0 Å². The number of hydrogen-bond acceptors (Lipinski definition) is 3. The van der Waals surface area contributed by atoms with Gasteiger partial charge in [-0.2, -0.15) is 0 Å². The molecule has 4 N–H and O–H groups in total. The summed E-state index contributed by atoms with van der Waals surface area (Å²) in [5, 5.41) is 12.1. The van der Waals surface area contributed by atoms with Crippen LogP contribution in [0.5, 0.6) is 0 Å². The Balaban J connectivity index is 2.76. The fourth-order valence-corrected chi connectivity index (χ4v) is 1.39. The van der Waals surface area contributed by atoms with Crippen LogP contribution in [0.4, 0.5) is 11.4 Å². The van der Waals surface area contributed by atoms with Crippen molar-refractivity contribution in [3.05, 3.63) is 23.8 Å². The van der Waals surface area contributed by atoms with E-state index in [0.29, 0.717) is 17.3 Å². The van der Waals surface area contributed by atoms with Crippen molar-refractivity contribution in [2.24, 2.45) is 5.92 Å². The van der Waals surface area contributed by atoms with Crippen molar-refractivity contribution < 1.29 is 9.90 Å². The fraction of sp³-hybridized carbons (Fsp3) is 0.417. The number of carboxylic acid groups (broad SMARTS) is 1. The van der Waals surface area contributed by atoms with Gasteiger partial charge in [-0.15, -0.1) is 0 Å². The number of nitrogens with two attached hydrogens (primary N) is 1. The van der Waals surface area contributed by atoms with Crippen LogP contribution < -0.4 is 11.1 Å². The fourth-order valence-electron chi connectivity index (χ4n) is 1.39. The summed E-state index contributed by atoms with van der Waals surface area (Å²) in [7, 11) is 0. The van der Waals surface area contributed by atoms with Gasteiger partial charge in [0.05, 0.1) is 11.3 Å². The predicted molar refractivity (Wildman–Crippen MR) is 65.8 cm³/mol. The lowest BCUT2D eigenvalue weighted by Crippen LogP contribution is -2.09. The van der Waals surface area contributed by atoms with Crippen LogP contribution in [0.1, 0.15) is 30.6 Å². The average molecular weight is 222 g/mol. The molecule has 4 nitrogen and oxygen atoms in total. The zero-order chi connectivity index (χ0) is 12.1. The highest BCUT2D eigenvalue weighted by Crippen LogP contribution is 2.19. The minimum Gasteiger partial charge on any atom is -0.478 e. The van der Waals surface area contributed by atoms with Crippen molar-refractivity contribution in [2.45, 2.75) is 20.3 Å². The van der Waals surface area contributed by atoms with Gasteiger partial charge < -0.3 is 16.2 Å². The molecule has 0 aliphatic carbocycles. The summed E-state index contributed by atoms with van der Waals surface area (Å²) in [5.41, 5.74) is 7.05. The van der Waals surface area contributed by atoms with Gasteiger partial charge in [-0.1, -0.05) is 13.8 Å². The van der Waals surface area contributed by atoms with E-state index in [2.05, 4.69) is 19.2 Å². The van der Waals surface area contributed by atoms with E-state index in [-0.39, 0.29) is 5.56 Å². The number of benzene rings is 1. The second-order valence-corrected chi connectivity index (χ2v) is 4.22. The van der Waals surface area contributed by atoms with Gasteiger partial charge >= 0.3 is 5.97 Å². The number of nitrogen functional groups attached to an aromatic ring is 1. The Morgan fingerprint density at radius 3 is 2.75 bits per heavy atom. The summed E-state index contributed by atoms with van der Waals surface area (Å²) in [6, 6.07) is 4.77. The highest BCUT2D eigenvalue weighted by molar-refractivity contribution is 5.95. The quantitative estimate of drug-likeness (QED) is 0.669. The van der Waals surface area contributed by atoms with Crippen molar-refractivity contribution >= 4 is 17.3 Å². The van der Waals surface area contributed by atoms with Gasteiger partial charge in [0.2, 0.25) is 0 Å². The Hall–Kier alpha value is -1.71. The molecule has 16 heavy (non-hydrogen) atoms. The number of nitrogens with one attached hydrogen (secondary N) is 1. The minimum absolute atomic E-state index is 0.262. The molecule has 0 fully saturated rings. The molecule has 0 unspecified atom stereocenters. The van der Waals surface area contributed by atoms with Crippen molar-refractivity contribution in [3.63, 3.8) is 0 Å². The van der Waals surface area contributed by atoms with Gasteiger partial charge in [-0.25, -0.2) is 4.79 Å². The number of carboxylic acids is 1. The van der Waals surface area contributed by atoms with Crippen LogP contribution >= 0.6 is 0 Å². The van der Waals surface area contributed by atoms with Crippen molar-refractivity contribution in [1.82, 2.24) is 0 Å². The van der Waals surface area contributed by atoms with E-state index in [1.54, 1.807) is 12.1 Å². The standard InChI is InChI=1S/C12H18N2O2/c1-8(2)5-6-14-11-7-9(13)3-4-10(11)12(15)16/h3-4,7-8,14H,5-6,13H2,1-2H3,(H,15,16). The first-order valence-electron chi connectivity index (χ1n) is 5.37. The molecule has 4 heteroatoms. The van der Waals surface area contributed by atoms with Gasteiger partial charge in [0, 0.05) is 12.2 Å². The molecule has 88 valence electrons. The molecule has 1 aromatic rings. The number of rotatable bonds is 5. The maximum absolute atomic E-state index is 10.9. The number of carbonyl (C=O) groups is 1. The van der Waals surface area contributed by atoms with E-state index in [4.69, 9.17) is 10.8 Å². The van der Waals surface area contributed by atoms with E-state index in [1.807, 2.05) is 0 Å². The first-order chi connectivity index (χ1) is 7.50. The molecule has 0 saturated carbocycles. The molecule has 0 heterocycles. The summed E-state index contributed by atoms with van der Waals surface area (Å²) in [5.74, 6) is -0.353. The Kier molecular flexibility index (Phi) is 4.17. The molecular formula is C12H18N2O2. The van der Waals surface area contributed by atoms with Gasteiger partial charge in [-0.05, 0) is 30.5 Å². The topological polar surface area (TPSA) is 75.3 Å². The van der Waals surface area contributed by atoms with Gasteiger partial charge in [-0.3, -0.25) is 0 Å². The normalized spacial score (nSPS) is 10.4. The van der Waals surface area contributed by atoms with Crippen LogP contribution in [0, 0.1) is 5.92 Å². The molecule has 0 radical (unpaired) electrons. The molecule has 0 spiro atoms. The van der Waals surface area contributed by atoms with Crippen molar-refractivity contribution in [2.75, 3.05) is 17.6 Å².